The number of carbonyl (C=O) groups is 1. The van der Waals surface area contributed by atoms with Gasteiger partial charge >= 0.3 is 0 Å². The van der Waals surface area contributed by atoms with Crippen LogP contribution in [0.2, 0.25) is 0 Å². The lowest BCUT2D eigenvalue weighted by molar-refractivity contribution is 0.0930. The van der Waals surface area contributed by atoms with E-state index in [4.69, 9.17) is 4.74 Å². The van der Waals surface area contributed by atoms with Crippen molar-refractivity contribution in [2.75, 3.05) is 26.7 Å². The van der Waals surface area contributed by atoms with Crippen LogP contribution in [-0.4, -0.2) is 47.7 Å². The Morgan fingerprint density at radius 1 is 1.48 bits per heavy atom. The molecule has 2 aromatic rings. The molecule has 134 valence electrons. The molecule has 1 atom stereocenters. The summed E-state index contributed by atoms with van der Waals surface area (Å²) in [6.45, 7) is 4.92. The van der Waals surface area contributed by atoms with Gasteiger partial charge in [0.1, 0.15) is 12.3 Å². The summed E-state index contributed by atoms with van der Waals surface area (Å²) in [7, 11) is 2.09. The third-order valence-electron chi connectivity index (χ3n) is 4.51. The number of hydrogen-bond donors (Lipinski definition) is 2. The van der Waals surface area contributed by atoms with Crippen LogP contribution in [0.3, 0.4) is 0 Å². The largest absolute Gasteiger partial charge is 0.484 e. The summed E-state index contributed by atoms with van der Waals surface area (Å²) in [5, 5.41) is 9.72. The second kappa shape index (κ2) is 7.23. The molecule has 0 spiro atoms. The maximum absolute atomic E-state index is 13.5. The highest BCUT2D eigenvalue weighted by Crippen LogP contribution is 2.27. The molecule has 1 saturated heterocycles. The Balaban J connectivity index is 1.52. The molecule has 1 amide bonds. The highest BCUT2D eigenvalue weighted by atomic mass is 19.1. The quantitative estimate of drug-likeness (QED) is 0.841. The molecule has 1 aromatic carbocycles. The Hall–Kier alpha value is -2.41. The van der Waals surface area contributed by atoms with Crippen molar-refractivity contribution >= 4 is 5.91 Å². The van der Waals surface area contributed by atoms with E-state index in [1.165, 1.54) is 6.07 Å². The molecule has 25 heavy (non-hydrogen) atoms. The number of para-hydroxylation sites is 1. The minimum Gasteiger partial charge on any atom is -0.484 e. The number of H-pyrrole nitrogens is 1. The molecule has 0 aliphatic carbocycles. The van der Waals surface area contributed by atoms with Crippen LogP contribution < -0.4 is 10.1 Å². The van der Waals surface area contributed by atoms with Gasteiger partial charge in [0.05, 0.1) is 5.69 Å². The third kappa shape index (κ3) is 4.36. The molecule has 1 fully saturated rings. The summed E-state index contributed by atoms with van der Waals surface area (Å²) in [5.74, 6) is -0.472. The van der Waals surface area contributed by atoms with Crippen molar-refractivity contribution in [2.24, 2.45) is 5.41 Å². The number of ether oxygens (including phenoxy) is 1. The molecule has 0 unspecified atom stereocenters. The normalized spacial score (nSPS) is 20.6. The molecule has 3 rings (SSSR count). The number of likely N-dealkylation sites (tertiary alicyclic amines) is 1. The summed E-state index contributed by atoms with van der Waals surface area (Å²) in [6, 6.07) is 7.81. The first-order chi connectivity index (χ1) is 12.0. The van der Waals surface area contributed by atoms with Gasteiger partial charge in [0, 0.05) is 13.1 Å². The third-order valence-corrected chi connectivity index (χ3v) is 4.51. The van der Waals surface area contributed by atoms with Gasteiger partial charge in [0.15, 0.2) is 11.6 Å². The number of carbonyl (C=O) groups excluding carboxylic acids is 1. The van der Waals surface area contributed by atoms with Gasteiger partial charge in [-0.25, -0.2) is 4.39 Å². The zero-order valence-electron chi connectivity index (χ0n) is 14.5. The monoisotopic (exact) mass is 346 g/mol. The molecule has 0 bridgehead atoms. The van der Waals surface area contributed by atoms with E-state index in [0.29, 0.717) is 17.9 Å². The van der Waals surface area contributed by atoms with Crippen LogP contribution in [0.15, 0.2) is 30.3 Å². The number of nitrogens with zero attached hydrogens (tertiary/aromatic N) is 2. The number of amides is 1. The van der Waals surface area contributed by atoms with Crippen LogP contribution in [0.5, 0.6) is 5.75 Å². The van der Waals surface area contributed by atoms with Crippen molar-refractivity contribution in [1.29, 1.82) is 0 Å². The second-order valence-corrected chi connectivity index (χ2v) is 6.98. The van der Waals surface area contributed by atoms with Crippen LogP contribution in [0, 0.1) is 11.2 Å². The number of hydrogen-bond acceptors (Lipinski definition) is 4. The topological polar surface area (TPSA) is 70.2 Å². The van der Waals surface area contributed by atoms with E-state index in [-0.39, 0.29) is 23.7 Å². The zero-order chi connectivity index (χ0) is 17.9. The second-order valence-electron chi connectivity index (χ2n) is 6.98. The molecule has 2 heterocycles. The van der Waals surface area contributed by atoms with Crippen molar-refractivity contribution in [3.05, 3.63) is 47.5 Å². The number of halogens is 1. The fraction of sp³-hybridized carbons (Fsp3) is 0.444. The summed E-state index contributed by atoms with van der Waals surface area (Å²) in [6.07, 6.45) is 1.06. The molecular weight excluding hydrogens is 323 g/mol. The molecule has 2 N–H and O–H groups in total. The predicted octanol–water partition coefficient (Wildman–Crippen LogP) is 2.20. The minimum absolute atomic E-state index is 0.0947. The van der Waals surface area contributed by atoms with Gasteiger partial charge in [-0.3, -0.25) is 9.89 Å². The van der Waals surface area contributed by atoms with Crippen LogP contribution in [0.4, 0.5) is 4.39 Å². The minimum atomic E-state index is -0.422. The highest BCUT2D eigenvalue weighted by Gasteiger charge is 2.32. The van der Waals surface area contributed by atoms with Crippen molar-refractivity contribution in [3.8, 4) is 5.75 Å². The number of aromatic amines is 1. The van der Waals surface area contributed by atoms with Crippen molar-refractivity contribution < 1.29 is 13.9 Å². The summed E-state index contributed by atoms with van der Waals surface area (Å²) in [4.78, 5) is 14.5. The maximum Gasteiger partial charge on any atom is 0.271 e. The van der Waals surface area contributed by atoms with E-state index in [1.807, 2.05) is 0 Å². The predicted molar refractivity (Wildman–Crippen MR) is 91.9 cm³/mol. The van der Waals surface area contributed by atoms with Gasteiger partial charge in [-0.1, -0.05) is 19.1 Å². The lowest BCUT2D eigenvalue weighted by atomic mass is 9.90. The number of rotatable bonds is 6. The first kappa shape index (κ1) is 17.4. The molecule has 6 nitrogen and oxygen atoms in total. The number of aromatic nitrogens is 2. The molecule has 1 aliphatic rings. The van der Waals surface area contributed by atoms with E-state index in [1.54, 1.807) is 24.3 Å². The Labute approximate surface area is 146 Å². The highest BCUT2D eigenvalue weighted by molar-refractivity contribution is 5.92. The molecule has 7 heteroatoms. The first-order valence-electron chi connectivity index (χ1n) is 8.34. The van der Waals surface area contributed by atoms with Gasteiger partial charge in [-0.15, -0.1) is 0 Å². The summed E-state index contributed by atoms with van der Waals surface area (Å²) < 4.78 is 18.9. The van der Waals surface area contributed by atoms with E-state index >= 15 is 0 Å². The first-order valence-corrected chi connectivity index (χ1v) is 8.34. The standard InChI is InChI=1S/C18H23FN4O2/c1-18(7-8-23(2)12-18)11-20-17(24)15-9-13(21-22-15)10-25-16-6-4-3-5-14(16)19/h3-6,9H,7-8,10-12H2,1-2H3,(H,20,24)(H,21,22)/t18-/m1/s1. The van der Waals surface area contributed by atoms with E-state index in [2.05, 4.69) is 34.4 Å². The van der Waals surface area contributed by atoms with E-state index in [9.17, 15) is 9.18 Å². The lowest BCUT2D eigenvalue weighted by Crippen LogP contribution is -2.37. The fourth-order valence-corrected chi connectivity index (χ4v) is 3.07. The van der Waals surface area contributed by atoms with Crippen molar-refractivity contribution in [3.63, 3.8) is 0 Å². The van der Waals surface area contributed by atoms with E-state index in [0.717, 1.165) is 19.5 Å². The van der Waals surface area contributed by atoms with Crippen molar-refractivity contribution in [2.45, 2.75) is 20.0 Å². The van der Waals surface area contributed by atoms with Crippen LogP contribution in [0.25, 0.3) is 0 Å². The number of nitrogens with one attached hydrogen (secondary N) is 2. The Morgan fingerprint density at radius 2 is 2.28 bits per heavy atom. The van der Waals surface area contributed by atoms with E-state index < -0.39 is 5.82 Å². The Morgan fingerprint density at radius 3 is 3.00 bits per heavy atom. The Kier molecular flexibility index (Phi) is 5.03. The van der Waals surface area contributed by atoms with Crippen LogP contribution in [0.1, 0.15) is 29.5 Å². The van der Waals surface area contributed by atoms with Crippen LogP contribution >= 0.6 is 0 Å². The smallest absolute Gasteiger partial charge is 0.271 e. The van der Waals surface area contributed by atoms with Crippen LogP contribution in [-0.2, 0) is 6.61 Å². The van der Waals surface area contributed by atoms with Crippen molar-refractivity contribution in [1.82, 2.24) is 20.4 Å². The molecular formula is C18H23FN4O2. The summed E-state index contributed by atoms with van der Waals surface area (Å²) >= 11 is 0. The number of benzene rings is 1. The van der Waals surface area contributed by atoms with Gasteiger partial charge in [0.2, 0.25) is 0 Å². The molecule has 0 saturated carbocycles. The van der Waals surface area contributed by atoms with Gasteiger partial charge in [-0.05, 0) is 43.6 Å². The molecule has 1 aliphatic heterocycles. The average Bonchev–Trinajstić information content (AvgIpc) is 3.19. The fourth-order valence-electron chi connectivity index (χ4n) is 3.07. The maximum atomic E-state index is 13.5. The Bertz CT molecular complexity index is 748. The summed E-state index contributed by atoms with van der Waals surface area (Å²) in [5.41, 5.74) is 1.01. The van der Waals surface area contributed by atoms with Gasteiger partial charge < -0.3 is 15.0 Å². The molecule has 0 radical (unpaired) electrons. The lowest BCUT2D eigenvalue weighted by Gasteiger charge is -2.23. The SMILES string of the molecule is CN1CC[C@](C)(CNC(=O)c2cc(COc3ccccc3F)[nH]n2)C1. The average molecular weight is 346 g/mol. The zero-order valence-corrected chi connectivity index (χ0v) is 14.5. The van der Waals surface area contributed by atoms with Gasteiger partial charge in [0.25, 0.3) is 5.91 Å². The molecule has 1 aromatic heterocycles. The van der Waals surface area contributed by atoms with Gasteiger partial charge in [-0.2, -0.15) is 5.10 Å².